The number of nitrogens with zero attached hydrogens (tertiary/aromatic N) is 2. The molecule has 1 heterocycles. The van der Waals surface area contributed by atoms with Gasteiger partial charge in [0.1, 0.15) is 5.75 Å². The first-order valence-electron chi connectivity index (χ1n) is 9.14. The fourth-order valence-electron chi connectivity index (χ4n) is 3.84. The molecule has 0 unspecified atom stereocenters. The van der Waals surface area contributed by atoms with Gasteiger partial charge in [-0.25, -0.2) is 0 Å². The number of fused-ring (bicyclic) bond motifs is 1. The molecular formula is C21H24N2O2. The third-order valence-corrected chi connectivity index (χ3v) is 5.30. The van der Waals surface area contributed by atoms with Gasteiger partial charge >= 0.3 is 0 Å². The van der Waals surface area contributed by atoms with E-state index in [-0.39, 0.29) is 11.8 Å². The Hall–Kier alpha value is -2.36. The monoisotopic (exact) mass is 336 g/mol. The summed E-state index contributed by atoms with van der Waals surface area (Å²) in [5.74, 6) is 0.983. The van der Waals surface area contributed by atoms with Crippen molar-refractivity contribution in [2.45, 2.75) is 50.6 Å². The van der Waals surface area contributed by atoms with Crippen molar-refractivity contribution in [3.05, 3.63) is 59.4 Å². The molecule has 2 aliphatic carbocycles. The highest BCUT2D eigenvalue weighted by atomic mass is 16.5. The molecule has 1 amide bonds. The molecule has 4 nitrogen and oxygen atoms in total. The predicted octanol–water partition coefficient (Wildman–Crippen LogP) is 3.70. The predicted molar refractivity (Wildman–Crippen MR) is 96.5 cm³/mol. The SMILES string of the molecule is COc1ccccc1CN(C(=O)[C@@H]1CCCc2cccnc21)C1CC1. The number of hydrogen-bond acceptors (Lipinski definition) is 3. The molecule has 130 valence electrons. The normalized spacial score (nSPS) is 19.2. The Balaban J connectivity index is 1.61. The molecule has 2 aliphatic rings. The second kappa shape index (κ2) is 6.87. The van der Waals surface area contributed by atoms with Gasteiger partial charge in [0.25, 0.3) is 0 Å². The van der Waals surface area contributed by atoms with Crippen LogP contribution in [0.4, 0.5) is 0 Å². The Kier molecular flexibility index (Phi) is 4.43. The highest BCUT2D eigenvalue weighted by Crippen LogP contribution is 2.37. The Bertz CT molecular complexity index is 770. The number of methoxy groups -OCH3 is 1. The molecule has 25 heavy (non-hydrogen) atoms. The number of aromatic nitrogens is 1. The second-order valence-electron chi connectivity index (χ2n) is 7.00. The molecule has 1 aromatic carbocycles. The molecule has 1 saturated carbocycles. The first-order chi connectivity index (χ1) is 12.3. The van der Waals surface area contributed by atoms with Crippen LogP contribution >= 0.6 is 0 Å². The molecule has 0 radical (unpaired) electrons. The van der Waals surface area contributed by atoms with Gasteiger partial charge in [-0.3, -0.25) is 9.78 Å². The van der Waals surface area contributed by atoms with Crippen LogP contribution in [0.5, 0.6) is 5.75 Å². The summed E-state index contributed by atoms with van der Waals surface area (Å²) < 4.78 is 5.48. The number of para-hydroxylation sites is 1. The number of benzene rings is 1. The van der Waals surface area contributed by atoms with Gasteiger partial charge in [-0.15, -0.1) is 0 Å². The van der Waals surface area contributed by atoms with Crippen molar-refractivity contribution in [1.82, 2.24) is 9.88 Å². The summed E-state index contributed by atoms with van der Waals surface area (Å²) in [5.41, 5.74) is 3.30. The van der Waals surface area contributed by atoms with Gasteiger partial charge in [0, 0.05) is 24.3 Å². The van der Waals surface area contributed by atoms with Crippen molar-refractivity contribution in [3.63, 3.8) is 0 Å². The lowest BCUT2D eigenvalue weighted by atomic mass is 9.85. The van der Waals surface area contributed by atoms with E-state index < -0.39 is 0 Å². The van der Waals surface area contributed by atoms with Crippen molar-refractivity contribution >= 4 is 5.91 Å². The van der Waals surface area contributed by atoms with E-state index in [0.717, 1.165) is 49.1 Å². The lowest BCUT2D eigenvalue weighted by Gasteiger charge is -2.30. The minimum absolute atomic E-state index is 0.0970. The van der Waals surface area contributed by atoms with E-state index in [1.807, 2.05) is 30.5 Å². The number of carbonyl (C=O) groups excluding carboxylic acids is 1. The first kappa shape index (κ1) is 16.1. The van der Waals surface area contributed by atoms with E-state index in [1.165, 1.54) is 5.56 Å². The number of ether oxygens (including phenoxy) is 1. The third-order valence-electron chi connectivity index (χ3n) is 5.30. The fraction of sp³-hybridized carbons (Fsp3) is 0.429. The number of pyridine rings is 1. The van der Waals surface area contributed by atoms with Crippen molar-refractivity contribution in [1.29, 1.82) is 0 Å². The molecular weight excluding hydrogens is 312 g/mol. The summed E-state index contributed by atoms with van der Waals surface area (Å²) >= 11 is 0. The lowest BCUT2D eigenvalue weighted by Crippen LogP contribution is -2.38. The van der Waals surface area contributed by atoms with Gasteiger partial charge < -0.3 is 9.64 Å². The number of aryl methyl sites for hydroxylation is 1. The third kappa shape index (κ3) is 3.26. The van der Waals surface area contributed by atoms with Gasteiger partial charge in [-0.2, -0.15) is 0 Å². The molecule has 0 aliphatic heterocycles. The molecule has 0 spiro atoms. The van der Waals surface area contributed by atoms with E-state index in [2.05, 4.69) is 22.0 Å². The first-order valence-corrected chi connectivity index (χ1v) is 9.14. The Morgan fingerprint density at radius 3 is 2.84 bits per heavy atom. The quantitative estimate of drug-likeness (QED) is 0.836. The Labute approximate surface area is 148 Å². The minimum atomic E-state index is -0.0970. The van der Waals surface area contributed by atoms with Gasteiger partial charge in [0.05, 0.1) is 18.7 Å². The van der Waals surface area contributed by atoms with Crippen LogP contribution in [0.25, 0.3) is 0 Å². The molecule has 0 N–H and O–H groups in total. The average Bonchev–Trinajstić information content (AvgIpc) is 3.50. The van der Waals surface area contributed by atoms with Crippen LogP contribution < -0.4 is 4.74 Å². The summed E-state index contributed by atoms with van der Waals surface area (Å²) in [6.07, 6.45) is 7.00. The van der Waals surface area contributed by atoms with Crippen LogP contribution in [0.3, 0.4) is 0 Å². The van der Waals surface area contributed by atoms with Crippen LogP contribution in [-0.4, -0.2) is 28.9 Å². The summed E-state index contributed by atoms with van der Waals surface area (Å²) in [6, 6.07) is 12.4. The number of carbonyl (C=O) groups is 1. The zero-order valence-corrected chi connectivity index (χ0v) is 14.6. The van der Waals surface area contributed by atoms with Crippen LogP contribution in [-0.2, 0) is 17.8 Å². The van der Waals surface area contributed by atoms with Gasteiger partial charge in [0.2, 0.25) is 5.91 Å². The van der Waals surface area contributed by atoms with Crippen LogP contribution in [0.2, 0.25) is 0 Å². The molecule has 4 rings (SSSR count). The van der Waals surface area contributed by atoms with E-state index in [9.17, 15) is 4.79 Å². The number of amides is 1. The van der Waals surface area contributed by atoms with Crippen molar-refractivity contribution in [2.24, 2.45) is 0 Å². The van der Waals surface area contributed by atoms with E-state index in [0.29, 0.717) is 12.6 Å². The van der Waals surface area contributed by atoms with Gasteiger partial charge in [0.15, 0.2) is 0 Å². The smallest absolute Gasteiger partial charge is 0.232 e. The van der Waals surface area contributed by atoms with Crippen LogP contribution in [0.1, 0.15) is 48.4 Å². The number of hydrogen-bond donors (Lipinski definition) is 0. The second-order valence-corrected chi connectivity index (χ2v) is 7.00. The maximum Gasteiger partial charge on any atom is 0.232 e. The van der Waals surface area contributed by atoms with Crippen molar-refractivity contribution in [2.75, 3.05) is 7.11 Å². The summed E-state index contributed by atoms with van der Waals surface area (Å²) in [6.45, 7) is 0.617. The zero-order valence-electron chi connectivity index (χ0n) is 14.6. The molecule has 4 heteroatoms. The molecule has 1 atom stereocenters. The average molecular weight is 336 g/mol. The summed E-state index contributed by atoms with van der Waals surface area (Å²) in [4.78, 5) is 20.0. The van der Waals surface area contributed by atoms with E-state index >= 15 is 0 Å². The molecule has 1 aromatic heterocycles. The fourth-order valence-corrected chi connectivity index (χ4v) is 3.84. The standard InChI is InChI=1S/C21H24N2O2/c1-25-19-10-3-2-6-16(19)14-23(17-11-12-17)21(24)18-9-4-7-15-8-5-13-22-20(15)18/h2-3,5-6,8,10,13,17-18H,4,7,9,11-12,14H2,1H3/t18-/m1/s1. The van der Waals surface area contributed by atoms with E-state index in [1.54, 1.807) is 7.11 Å². The van der Waals surface area contributed by atoms with Crippen molar-refractivity contribution < 1.29 is 9.53 Å². The van der Waals surface area contributed by atoms with Gasteiger partial charge in [-0.1, -0.05) is 24.3 Å². The zero-order chi connectivity index (χ0) is 17.2. The molecule has 1 fully saturated rings. The Morgan fingerprint density at radius 2 is 2.04 bits per heavy atom. The van der Waals surface area contributed by atoms with E-state index in [4.69, 9.17) is 4.74 Å². The topological polar surface area (TPSA) is 42.4 Å². The van der Waals surface area contributed by atoms with Gasteiger partial charge in [-0.05, 0) is 49.8 Å². The highest BCUT2D eigenvalue weighted by molar-refractivity contribution is 5.84. The summed E-state index contributed by atoms with van der Waals surface area (Å²) in [7, 11) is 1.68. The lowest BCUT2D eigenvalue weighted by molar-refractivity contribution is -0.134. The largest absolute Gasteiger partial charge is 0.496 e. The maximum absolute atomic E-state index is 13.4. The molecule has 0 bridgehead atoms. The molecule has 0 saturated heterocycles. The highest BCUT2D eigenvalue weighted by Gasteiger charge is 2.38. The maximum atomic E-state index is 13.4. The minimum Gasteiger partial charge on any atom is -0.496 e. The number of rotatable bonds is 5. The van der Waals surface area contributed by atoms with Crippen LogP contribution in [0, 0.1) is 0 Å². The Morgan fingerprint density at radius 1 is 1.20 bits per heavy atom. The van der Waals surface area contributed by atoms with Crippen molar-refractivity contribution in [3.8, 4) is 5.75 Å². The van der Waals surface area contributed by atoms with Crippen LogP contribution in [0.15, 0.2) is 42.6 Å². The summed E-state index contributed by atoms with van der Waals surface area (Å²) in [5, 5.41) is 0. The molecule has 2 aromatic rings.